The number of aromatic nitrogens is 2. The molecule has 0 amide bonds. The van der Waals surface area contributed by atoms with Crippen LogP contribution in [0.25, 0.3) is 0 Å². The number of hydrogen-bond acceptors (Lipinski definition) is 3. The van der Waals surface area contributed by atoms with Gasteiger partial charge in [0.25, 0.3) is 0 Å². The van der Waals surface area contributed by atoms with Crippen LogP contribution in [0.2, 0.25) is 5.15 Å². The van der Waals surface area contributed by atoms with Crippen LogP contribution in [-0.2, 0) is 17.8 Å². The monoisotopic (exact) mass is 332 g/mol. The molecule has 0 radical (unpaired) electrons. The van der Waals surface area contributed by atoms with Crippen LogP contribution < -0.4 is 0 Å². The minimum Gasteiger partial charge on any atom is -0.378 e. The quantitative estimate of drug-likeness (QED) is 0.791. The predicted molar refractivity (Wildman–Crippen MR) is 59.8 cm³/mol. The molecule has 0 fully saturated rings. The molecule has 0 aromatic carbocycles. The van der Waals surface area contributed by atoms with E-state index in [0.717, 1.165) is 0 Å². The number of halogens is 5. The Morgan fingerprint density at radius 1 is 1.35 bits per heavy atom. The summed E-state index contributed by atoms with van der Waals surface area (Å²) in [6, 6.07) is 0. The zero-order chi connectivity index (χ0) is 13.1. The van der Waals surface area contributed by atoms with E-state index in [0.29, 0.717) is 10.2 Å². The molecule has 0 spiro atoms. The normalized spacial score (nSPS) is 11.9. The summed E-state index contributed by atoms with van der Waals surface area (Å²) in [6.45, 7) is 0.155. The molecule has 0 N–H and O–H groups in total. The first-order chi connectivity index (χ1) is 7.83. The molecule has 17 heavy (non-hydrogen) atoms. The van der Waals surface area contributed by atoms with E-state index in [4.69, 9.17) is 16.3 Å². The van der Waals surface area contributed by atoms with E-state index in [-0.39, 0.29) is 24.0 Å². The summed E-state index contributed by atoms with van der Waals surface area (Å²) in [5.41, 5.74) is 0.435. The van der Waals surface area contributed by atoms with Gasteiger partial charge in [-0.25, -0.2) is 9.97 Å². The second kappa shape index (κ2) is 5.97. The molecule has 0 unspecified atom stereocenters. The van der Waals surface area contributed by atoms with E-state index in [1.54, 1.807) is 0 Å². The second-order valence-corrected chi connectivity index (χ2v) is 4.39. The highest BCUT2D eigenvalue weighted by atomic mass is 79.9. The predicted octanol–water partition coefficient (Wildman–Crippen LogP) is 3.53. The van der Waals surface area contributed by atoms with Crippen molar-refractivity contribution in [2.24, 2.45) is 0 Å². The van der Waals surface area contributed by atoms with Gasteiger partial charge in [-0.1, -0.05) is 11.6 Å². The molecule has 8 heteroatoms. The maximum absolute atomic E-state index is 12.0. The fraction of sp³-hybridized carbons (Fsp3) is 0.556. The van der Waals surface area contributed by atoms with Gasteiger partial charge in [-0.15, -0.1) is 0 Å². The van der Waals surface area contributed by atoms with Gasteiger partial charge in [0.2, 0.25) is 0 Å². The van der Waals surface area contributed by atoms with Gasteiger partial charge in [0.1, 0.15) is 11.0 Å². The highest BCUT2D eigenvalue weighted by Gasteiger charge is 2.27. The lowest BCUT2D eigenvalue weighted by molar-refractivity contribution is -0.134. The van der Waals surface area contributed by atoms with Gasteiger partial charge in [0.05, 0.1) is 23.2 Å². The summed E-state index contributed by atoms with van der Waals surface area (Å²) in [4.78, 5) is 7.73. The highest BCUT2D eigenvalue weighted by Crippen LogP contribution is 2.26. The van der Waals surface area contributed by atoms with Crippen LogP contribution >= 0.6 is 27.5 Å². The molecule has 1 aromatic rings. The Morgan fingerprint density at radius 3 is 2.53 bits per heavy atom. The van der Waals surface area contributed by atoms with Crippen LogP contribution in [0.3, 0.4) is 0 Å². The Balaban J connectivity index is 2.86. The van der Waals surface area contributed by atoms with Crippen LogP contribution in [0.4, 0.5) is 13.2 Å². The SMILES string of the molecule is COCc1nc(CCC(F)(F)F)nc(Cl)c1Br. The lowest BCUT2D eigenvalue weighted by atomic mass is 10.3. The van der Waals surface area contributed by atoms with E-state index >= 15 is 0 Å². The van der Waals surface area contributed by atoms with E-state index < -0.39 is 12.6 Å². The van der Waals surface area contributed by atoms with Crippen molar-refractivity contribution in [1.29, 1.82) is 0 Å². The summed E-state index contributed by atoms with van der Waals surface area (Å²) < 4.78 is 41.4. The van der Waals surface area contributed by atoms with Crippen molar-refractivity contribution in [3.63, 3.8) is 0 Å². The van der Waals surface area contributed by atoms with Gasteiger partial charge < -0.3 is 4.74 Å². The topological polar surface area (TPSA) is 35.0 Å². The zero-order valence-corrected chi connectivity index (χ0v) is 11.2. The van der Waals surface area contributed by atoms with Gasteiger partial charge >= 0.3 is 6.18 Å². The summed E-state index contributed by atoms with van der Waals surface area (Å²) in [7, 11) is 1.46. The molecule has 0 aliphatic heterocycles. The first kappa shape index (κ1) is 14.7. The molecule has 96 valence electrons. The Labute approximate surface area is 109 Å². The molecule has 0 aliphatic carbocycles. The number of nitrogens with zero attached hydrogens (tertiary/aromatic N) is 2. The Kier molecular flexibility index (Phi) is 5.15. The highest BCUT2D eigenvalue weighted by molar-refractivity contribution is 9.10. The van der Waals surface area contributed by atoms with Crippen molar-refractivity contribution < 1.29 is 17.9 Å². The average molecular weight is 334 g/mol. The molecule has 0 aliphatic rings. The van der Waals surface area contributed by atoms with Crippen LogP contribution in [-0.4, -0.2) is 23.3 Å². The van der Waals surface area contributed by atoms with E-state index in [2.05, 4.69) is 25.9 Å². The number of rotatable bonds is 4. The number of ether oxygens (including phenoxy) is 1. The summed E-state index contributed by atoms with van der Waals surface area (Å²) in [5, 5.41) is 0.0872. The number of hydrogen-bond donors (Lipinski definition) is 0. The second-order valence-electron chi connectivity index (χ2n) is 3.24. The van der Waals surface area contributed by atoms with Crippen molar-refractivity contribution in [3.8, 4) is 0 Å². The Morgan fingerprint density at radius 2 is 2.00 bits per heavy atom. The maximum Gasteiger partial charge on any atom is 0.389 e. The Hall–Kier alpha value is -0.400. The molecule has 1 rings (SSSR count). The van der Waals surface area contributed by atoms with Crippen molar-refractivity contribution in [3.05, 3.63) is 21.1 Å². The van der Waals surface area contributed by atoms with E-state index in [1.165, 1.54) is 7.11 Å². The molecular weight excluding hydrogens is 324 g/mol. The Bertz CT molecular complexity index is 401. The first-order valence-electron chi connectivity index (χ1n) is 4.60. The third-order valence-corrected chi connectivity index (χ3v) is 3.17. The van der Waals surface area contributed by atoms with Gasteiger partial charge in [0.15, 0.2) is 0 Å². The summed E-state index contributed by atoms with van der Waals surface area (Å²) in [6.07, 6.45) is -5.51. The van der Waals surface area contributed by atoms with Crippen LogP contribution in [0.5, 0.6) is 0 Å². The summed E-state index contributed by atoms with van der Waals surface area (Å²) in [5.74, 6) is 0.0579. The minimum atomic E-state index is -4.23. The van der Waals surface area contributed by atoms with Gasteiger partial charge in [-0.2, -0.15) is 13.2 Å². The molecule has 3 nitrogen and oxygen atoms in total. The van der Waals surface area contributed by atoms with Crippen molar-refractivity contribution in [2.45, 2.75) is 25.6 Å². The molecule has 0 saturated heterocycles. The lowest BCUT2D eigenvalue weighted by Gasteiger charge is -2.08. The molecule has 1 aromatic heterocycles. The first-order valence-corrected chi connectivity index (χ1v) is 5.77. The smallest absolute Gasteiger partial charge is 0.378 e. The molecular formula is C9H9BrClF3N2O. The molecule has 1 heterocycles. The standard InChI is InChI=1S/C9H9BrClF3N2O/c1-17-4-5-7(10)8(11)16-6(15-5)2-3-9(12,13)14/h2-4H2,1H3. The van der Waals surface area contributed by atoms with Gasteiger partial charge in [0, 0.05) is 13.5 Å². The molecule has 0 saturated carbocycles. The van der Waals surface area contributed by atoms with Crippen molar-refractivity contribution in [1.82, 2.24) is 9.97 Å². The third-order valence-electron chi connectivity index (χ3n) is 1.84. The molecule has 0 atom stereocenters. The third kappa shape index (κ3) is 4.77. The largest absolute Gasteiger partial charge is 0.389 e. The maximum atomic E-state index is 12.0. The van der Waals surface area contributed by atoms with Crippen molar-refractivity contribution in [2.75, 3.05) is 7.11 Å². The number of alkyl halides is 3. The van der Waals surface area contributed by atoms with E-state index in [1.807, 2.05) is 0 Å². The fourth-order valence-corrected chi connectivity index (χ4v) is 1.61. The number of aryl methyl sites for hydroxylation is 1. The number of methoxy groups -OCH3 is 1. The van der Waals surface area contributed by atoms with Crippen molar-refractivity contribution >= 4 is 27.5 Å². The van der Waals surface area contributed by atoms with E-state index in [9.17, 15) is 13.2 Å². The van der Waals surface area contributed by atoms with Crippen LogP contribution in [0.1, 0.15) is 17.9 Å². The lowest BCUT2D eigenvalue weighted by Crippen LogP contribution is -2.11. The fourth-order valence-electron chi connectivity index (χ4n) is 1.11. The minimum absolute atomic E-state index is 0.0579. The van der Waals surface area contributed by atoms with Crippen LogP contribution in [0.15, 0.2) is 4.47 Å². The zero-order valence-electron chi connectivity index (χ0n) is 8.81. The average Bonchev–Trinajstić information content (AvgIpc) is 2.21. The molecule has 0 bridgehead atoms. The van der Waals surface area contributed by atoms with Gasteiger partial charge in [-0.3, -0.25) is 0 Å². The summed E-state index contributed by atoms with van der Waals surface area (Å²) >= 11 is 8.92. The van der Waals surface area contributed by atoms with Gasteiger partial charge in [-0.05, 0) is 15.9 Å². The van der Waals surface area contributed by atoms with Crippen LogP contribution in [0, 0.1) is 0 Å².